The molecular weight excluding hydrogens is 314 g/mol. The summed E-state index contributed by atoms with van der Waals surface area (Å²) in [5.41, 5.74) is 2.40. The molecule has 0 amide bonds. The van der Waals surface area contributed by atoms with Gasteiger partial charge in [0.2, 0.25) is 0 Å². The molecule has 0 saturated carbocycles. The predicted octanol–water partition coefficient (Wildman–Crippen LogP) is 4.49. The lowest BCUT2D eigenvalue weighted by molar-refractivity contribution is 0.201. The van der Waals surface area contributed by atoms with Gasteiger partial charge in [-0.15, -0.1) is 0 Å². The molecule has 20 heavy (non-hydrogen) atoms. The van der Waals surface area contributed by atoms with Crippen LogP contribution in [0.3, 0.4) is 0 Å². The lowest BCUT2D eigenvalue weighted by Gasteiger charge is -2.21. The fraction of sp³-hybridized carbons (Fsp3) is 0.294. The highest BCUT2D eigenvalue weighted by molar-refractivity contribution is 9.10. The second-order valence-electron chi connectivity index (χ2n) is 4.76. The number of rotatable bonds is 6. The van der Waals surface area contributed by atoms with E-state index < -0.39 is 0 Å². The number of aryl methyl sites for hydroxylation is 1. The van der Waals surface area contributed by atoms with Crippen molar-refractivity contribution in [2.45, 2.75) is 20.0 Å². The smallest absolute Gasteiger partial charge is 0.136 e. The number of hydrogen-bond acceptors (Lipinski definition) is 2. The van der Waals surface area contributed by atoms with Crippen molar-refractivity contribution in [2.75, 3.05) is 13.1 Å². The van der Waals surface area contributed by atoms with Crippen molar-refractivity contribution in [1.29, 1.82) is 0 Å². The molecule has 0 aliphatic rings. The fourth-order valence-electron chi connectivity index (χ4n) is 2.03. The Morgan fingerprint density at radius 1 is 1.15 bits per heavy atom. The third-order valence-corrected chi connectivity index (χ3v) is 3.73. The summed E-state index contributed by atoms with van der Waals surface area (Å²) in [4.78, 5) is 0. The summed E-state index contributed by atoms with van der Waals surface area (Å²) in [6.45, 7) is 5.90. The lowest BCUT2D eigenvalue weighted by Crippen LogP contribution is -2.25. The standard InChI is InChI=1S/C17H20BrNO/c1-3-19-12-17(14-7-5-4-6-8-14)20-16-10-9-13(2)11-15(16)18/h4-11,17,19H,3,12H2,1-2H3. The molecule has 0 spiro atoms. The first-order chi connectivity index (χ1) is 9.70. The molecule has 0 saturated heterocycles. The van der Waals surface area contributed by atoms with Crippen LogP contribution >= 0.6 is 15.9 Å². The van der Waals surface area contributed by atoms with Crippen molar-refractivity contribution in [2.24, 2.45) is 0 Å². The molecule has 1 atom stereocenters. The summed E-state index contributed by atoms with van der Waals surface area (Å²) in [5, 5.41) is 3.36. The molecule has 0 bridgehead atoms. The molecule has 0 fully saturated rings. The molecule has 0 aromatic heterocycles. The minimum Gasteiger partial charge on any atom is -0.483 e. The topological polar surface area (TPSA) is 21.3 Å². The molecule has 1 unspecified atom stereocenters. The zero-order chi connectivity index (χ0) is 14.4. The van der Waals surface area contributed by atoms with Crippen LogP contribution in [0.1, 0.15) is 24.2 Å². The van der Waals surface area contributed by atoms with Crippen LogP contribution in [0.15, 0.2) is 53.0 Å². The molecule has 3 heteroatoms. The number of halogens is 1. The van der Waals surface area contributed by atoms with E-state index in [0.717, 1.165) is 23.3 Å². The summed E-state index contributed by atoms with van der Waals surface area (Å²) in [7, 11) is 0. The largest absolute Gasteiger partial charge is 0.483 e. The molecule has 0 aliphatic carbocycles. The van der Waals surface area contributed by atoms with Gasteiger partial charge in [0.05, 0.1) is 4.47 Å². The Morgan fingerprint density at radius 3 is 2.55 bits per heavy atom. The first kappa shape index (κ1) is 15.1. The highest BCUT2D eigenvalue weighted by Crippen LogP contribution is 2.30. The summed E-state index contributed by atoms with van der Waals surface area (Å²) < 4.78 is 7.17. The van der Waals surface area contributed by atoms with Gasteiger partial charge in [-0.05, 0) is 52.7 Å². The van der Waals surface area contributed by atoms with Crippen molar-refractivity contribution in [3.05, 3.63) is 64.1 Å². The van der Waals surface area contributed by atoms with Gasteiger partial charge in [-0.3, -0.25) is 0 Å². The Hall–Kier alpha value is -1.32. The maximum atomic E-state index is 6.18. The van der Waals surface area contributed by atoms with Gasteiger partial charge < -0.3 is 10.1 Å². The van der Waals surface area contributed by atoms with Crippen LogP contribution in [0.25, 0.3) is 0 Å². The number of hydrogen-bond donors (Lipinski definition) is 1. The minimum atomic E-state index is 0.00940. The van der Waals surface area contributed by atoms with Crippen molar-refractivity contribution in [3.8, 4) is 5.75 Å². The maximum absolute atomic E-state index is 6.18. The summed E-state index contributed by atoms with van der Waals surface area (Å²) in [6, 6.07) is 16.5. The van der Waals surface area contributed by atoms with Crippen LogP contribution < -0.4 is 10.1 Å². The Bertz CT molecular complexity index is 542. The van der Waals surface area contributed by atoms with Gasteiger partial charge in [0, 0.05) is 6.54 Å². The molecule has 0 aliphatic heterocycles. The number of benzene rings is 2. The van der Waals surface area contributed by atoms with Gasteiger partial charge in [-0.2, -0.15) is 0 Å². The van der Waals surface area contributed by atoms with Crippen LogP contribution in [0.4, 0.5) is 0 Å². The Balaban J connectivity index is 2.19. The first-order valence-electron chi connectivity index (χ1n) is 6.89. The second kappa shape index (κ2) is 7.46. The SMILES string of the molecule is CCNCC(Oc1ccc(C)cc1Br)c1ccccc1. The van der Waals surface area contributed by atoms with Gasteiger partial charge in [0.15, 0.2) is 0 Å². The van der Waals surface area contributed by atoms with Crippen LogP contribution in [0.2, 0.25) is 0 Å². The van der Waals surface area contributed by atoms with Gasteiger partial charge in [0.1, 0.15) is 11.9 Å². The van der Waals surface area contributed by atoms with Crippen LogP contribution in [0.5, 0.6) is 5.75 Å². The van der Waals surface area contributed by atoms with Gasteiger partial charge in [0.25, 0.3) is 0 Å². The van der Waals surface area contributed by atoms with Gasteiger partial charge in [-0.1, -0.05) is 43.3 Å². The average Bonchev–Trinajstić information content (AvgIpc) is 2.46. The number of nitrogens with one attached hydrogen (secondary N) is 1. The van der Waals surface area contributed by atoms with E-state index in [4.69, 9.17) is 4.74 Å². The third-order valence-electron chi connectivity index (χ3n) is 3.11. The summed E-state index contributed by atoms with van der Waals surface area (Å²) in [5.74, 6) is 0.877. The fourth-order valence-corrected chi connectivity index (χ4v) is 2.61. The molecule has 2 nitrogen and oxygen atoms in total. The van der Waals surface area contributed by atoms with E-state index in [2.05, 4.69) is 59.4 Å². The number of likely N-dealkylation sites (N-methyl/N-ethyl adjacent to an activating group) is 1. The molecule has 1 N–H and O–H groups in total. The molecule has 0 radical (unpaired) electrons. The van der Waals surface area contributed by atoms with Gasteiger partial charge >= 0.3 is 0 Å². The highest BCUT2D eigenvalue weighted by Gasteiger charge is 2.14. The highest BCUT2D eigenvalue weighted by atomic mass is 79.9. The maximum Gasteiger partial charge on any atom is 0.136 e. The average molecular weight is 334 g/mol. The minimum absolute atomic E-state index is 0.00940. The quantitative estimate of drug-likeness (QED) is 0.841. The van der Waals surface area contributed by atoms with Crippen molar-refractivity contribution < 1.29 is 4.74 Å². The third kappa shape index (κ3) is 4.09. The van der Waals surface area contributed by atoms with E-state index in [1.165, 1.54) is 11.1 Å². The first-order valence-corrected chi connectivity index (χ1v) is 7.68. The molecule has 106 valence electrons. The van der Waals surface area contributed by atoms with E-state index in [9.17, 15) is 0 Å². The lowest BCUT2D eigenvalue weighted by atomic mass is 10.1. The Morgan fingerprint density at radius 2 is 1.90 bits per heavy atom. The Kier molecular flexibility index (Phi) is 5.62. The molecule has 2 rings (SSSR count). The zero-order valence-corrected chi connectivity index (χ0v) is 13.5. The van der Waals surface area contributed by atoms with Crippen molar-refractivity contribution in [3.63, 3.8) is 0 Å². The summed E-state index contributed by atoms with van der Waals surface area (Å²) >= 11 is 3.57. The predicted molar refractivity (Wildman–Crippen MR) is 87.2 cm³/mol. The van der Waals surface area contributed by atoms with Crippen LogP contribution in [0, 0.1) is 6.92 Å². The summed E-state index contributed by atoms with van der Waals surface area (Å²) in [6.07, 6.45) is 0.00940. The normalized spacial score (nSPS) is 12.2. The van der Waals surface area contributed by atoms with Crippen LogP contribution in [-0.2, 0) is 0 Å². The molecule has 2 aromatic carbocycles. The van der Waals surface area contributed by atoms with Gasteiger partial charge in [-0.25, -0.2) is 0 Å². The molecular formula is C17H20BrNO. The van der Waals surface area contributed by atoms with E-state index >= 15 is 0 Å². The second-order valence-corrected chi connectivity index (χ2v) is 5.61. The molecule has 0 heterocycles. The monoisotopic (exact) mass is 333 g/mol. The van der Waals surface area contributed by atoms with Crippen LogP contribution in [-0.4, -0.2) is 13.1 Å². The van der Waals surface area contributed by atoms with E-state index in [1.807, 2.05) is 24.3 Å². The van der Waals surface area contributed by atoms with Crippen molar-refractivity contribution >= 4 is 15.9 Å². The Labute approximate surface area is 129 Å². The van der Waals surface area contributed by atoms with E-state index in [0.29, 0.717) is 0 Å². The van der Waals surface area contributed by atoms with E-state index in [1.54, 1.807) is 0 Å². The number of ether oxygens (including phenoxy) is 1. The van der Waals surface area contributed by atoms with E-state index in [-0.39, 0.29) is 6.10 Å². The van der Waals surface area contributed by atoms with Crippen molar-refractivity contribution in [1.82, 2.24) is 5.32 Å². The molecule has 2 aromatic rings. The zero-order valence-electron chi connectivity index (χ0n) is 11.9.